The highest BCUT2D eigenvalue weighted by Gasteiger charge is 2.14. The number of aryl methyl sites for hydroxylation is 1. The first-order chi connectivity index (χ1) is 15.0. The van der Waals surface area contributed by atoms with Crippen LogP contribution in [-0.4, -0.2) is 24.5 Å². The Morgan fingerprint density at radius 2 is 1.61 bits per heavy atom. The van der Waals surface area contributed by atoms with Crippen molar-refractivity contribution < 1.29 is 0 Å². The third kappa shape index (κ3) is 5.28. The van der Waals surface area contributed by atoms with Crippen LogP contribution in [0.15, 0.2) is 60.7 Å². The van der Waals surface area contributed by atoms with Crippen molar-refractivity contribution in [2.24, 2.45) is 0 Å². The molecule has 2 aliphatic rings. The highest BCUT2D eigenvalue weighted by molar-refractivity contribution is 5.78. The van der Waals surface area contributed by atoms with E-state index < -0.39 is 0 Å². The van der Waals surface area contributed by atoms with E-state index >= 15 is 0 Å². The molecule has 0 saturated carbocycles. The molecular weight excluding hydrogens is 374 g/mol. The Kier molecular flexibility index (Phi) is 6.92. The summed E-state index contributed by atoms with van der Waals surface area (Å²) in [6.45, 7) is 14.4. The predicted molar refractivity (Wildman–Crippen MR) is 136 cm³/mol. The molecule has 1 heteroatoms. The van der Waals surface area contributed by atoms with E-state index in [1.807, 2.05) is 0 Å². The number of likely N-dealkylation sites (tertiary alicyclic amines) is 1. The molecule has 1 nitrogen and oxygen atoms in total. The van der Waals surface area contributed by atoms with Crippen molar-refractivity contribution >= 4 is 11.1 Å². The molecule has 31 heavy (non-hydrogen) atoms. The predicted octanol–water partition coefficient (Wildman–Crippen LogP) is 7.98. The van der Waals surface area contributed by atoms with Crippen molar-refractivity contribution in [3.63, 3.8) is 0 Å². The van der Waals surface area contributed by atoms with Crippen LogP contribution >= 0.6 is 0 Å². The summed E-state index contributed by atoms with van der Waals surface area (Å²) in [5, 5.41) is 0. The molecule has 0 unspecified atom stereocenters. The fourth-order valence-electron chi connectivity index (χ4n) is 4.99. The second kappa shape index (κ2) is 9.83. The molecule has 2 aromatic rings. The topological polar surface area (TPSA) is 3.24 Å². The van der Waals surface area contributed by atoms with Crippen LogP contribution in [0.3, 0.4) is 0 Å². The molecule has 0 aromatic heterocycles. The molecule has 1 heterocycles. The molecule has 2 aromatic carbocycles. The van der Waals surface area contributed by atoms with Crippen molar-refractivity contribution in [1.29, 1.82) is 0 Å². The van der Waals surface area contributed by atoms with Crippen molar-refractivity contribution in [3.05, 3.63) is 83.0 Å². The van der Waals surface area contributed by atoms with Crippen molar-refractivity contribution in [1.82, 2.24) is 4.90 Å². The van der Waals surface area contributed by atoms with Crippen molar-refractivity contribution in [2.45, 2.75) is 59.3 Å². The third-order valence-corrected chi connectivity index (χ3v) is 6.98. The zero-order valence-electron chi connectivity index (χ0n) is 19.6. The van der Waals surface area contributed by atoms with Gasteiger partial charge in [-0.25, -0.2) is 0 Å². The summed E-state index contributed by atoms with van der Waals surface area (Å²) in [4.78, 5) is 2.65. The summed E-state index contributed by atoms with van der Waals surface area (Å²) in [7, 11) is 0. The van der Waals surface area contributed by atoms with E-state index in [4.69, 9.17) is 0 Å². The van der Waals surface area contributed by atoms with E-state index in [-0.39, 0.29) is 0 Å². The van der Waals surface area contributed by atoms with E-state index in [1.165, 1.54) is 90.6 Å². The van der Waals surface area contributed by atoms with Gasteiger partial charge in [-0.15, -0.1) is 0 Å². The molecule has 4 rings (SSSR count). The maximum atomic E-state index is 4.18. The monoisotopic (exact) mass is 411 g/mol. The molecule has 0 radical (unpaired) electrons. The van der Waals surface area contributed by atoms with Gasteiger partial charge in [-0.05, 0) is 111 Å². The Hall–Kier alpha value is -2.38. The fraction of sp³-hybridized carbons (Fsp3) is 0.400. The van der Waals surface area contributed by atoms with Gasteiger partial charge < -0.3 is 0 Å². The number of benzene rings is 2. The lowest BCUT2D eigenvalue weighted by Crippen LogP contribution is -2.31. The lowest BCUT2D eigenvalue weighted by Gasteiger charge is -2.27. The van der Waals surface area contributed by atoms with E-state index in [0.717, 1.165) is 12.1 Å². The highest BCUT2D eigenvalue weighted by atomic mass is 15.1. The minimum Gasteiger partial charge on any atom is -0.299 e. The van der Waals surface area contributed by atoms with Crippen molar-refractivity contribution in [2.75, 3.05) is 19.6 Å². The van der Waals surface area contributed by atoms with Gasteiger partial charge in [0, 0.05) is 6.54 Å². The fourth-order valence-corrected chi connectivity index (χ4v) is 4.99. The molecule has 1 aliphatic carbocycles. The molecule has 0 N–H and O–H groups in total. The number of rotatable bonds is 5. The van der Waals surface area contributed by atoms with Crippen LogP contribution in [0.4, 0.5) is 0 Å². The quantitative estimate of drug-likeness (QED) is 0.482. The molecule has 0 amide bonds. The van der Waals surface area contributed by atoms with Crippen LogP contribution in [0.25, 0.3) is 22.3 Å². The SMILES string of the molecule is C=C(C)c1cc(-c2ccc(C3=CCCCC(CN4CCCCC4)=C3)cc2)cc(C)c1C. The summed E-state index contributed by atoms with van der Waals surface area (Å²) < 4.78 is 0. The lowest BCUT2D eigenvalue weighted by molar-refractivity contribution is 0.244. The molecule has 1 saturated heterocycles. The van der Waals surface area contributed by atoms with Gasteiger partial charge in [0.15, 0.2) is 0 Å². The maximum absolute atomic E-state index is 4.18. The van der Waals surface area contributed by atoms with Gasteiger partial charge >= 0.3 is 0 Å². The van der Waals surface area contributed by atoms with E-state index in [0.29, 0.717) is 0 Å². The normalized spacial score (nSPS) is 17.6. The van der Waals surface area contributed by atoms with Crippen LogP contribution in [0.5, 0.6) is 0 Å². The van der Waals surface area contributed by atoms with Crippen LogP contribution < -0.4 is 0 Å². The number of hydrogen-bond acceptors (Lipinski definition) is 1. The molecular formula is C30H37N. The van der Waals surface area contributed by atoms with Gasteiger partial charge in [0.05, 0.1) is 0 Å². The standard InChI is InChI=1S/C30H37N/c1-22(2)30-20-29(18-23(3)24(30)4)27-14-12-26(13-15-27)28-11-7-6-10-25(19-28)21-31-16-8-5-9-17-31/h11-15,18-20H,1,5-10,16-17,21H2,2-4H3. The number of nitrogens with zero attached hydrogens (tertiary/aromatic N) is 1. The van der Waals surface area contributed by atoms with Gasteiger partial charge in [-0.3, -0.25) is 4.90 Å². The zero-order chi connectivity index (χ0) is 21.8. The smallest absolute Gasteiger partial charge is 0.0196 e. The highest BCUT2D eigenvalue weighted by Crippen LogP contribution is 2.31. The molecule has 0 spiro atoms. The molecule has 1 fully saturated rings. The van der Waals surface area contributed by atoms with Crippen molar-refractivity contribution in [3.8, 4) is 11.1 Å². The van der Waals surface area contributed by atoms with E-state index in [1.54, 1.807) is 5.57 Å². The van der Waals surface area contributed by atoms with Gasteiger partial charge in [0.2, 0.25) is 0 Å². The second-order valence-electron chi connectivity index (χ2n) is 9.51. The summed E-state index contributed by atoms with van der Waals surface area (Å²) >= 11 is 0. The van der Waals surface area contributed by atoms with Gasteiger partial charge in [0.1, 0.15) is 0 Å². The van der Waals surface area contributed by atoms with Crippen LogP contribution in [0.2, 0.25) is 0 Å². The van der Waals surface area contributed by atoms with Crippen LogP contribution in [0, 0.1) is 13.8 Å². The van der Waals surface area contributed by atoms with Gasteiger partial charge in [-0.2, -0.15) is 0 Å². The van der Waals surface area contributed by atoms with Gasteiger partial charge in [0.25, 0.3) is 0 Å². The maximum Gasteiger partial charge on any atom is 0.0196 e. The minimum atomic E-state index is 1.13. The lowest BCUT2D eigenvalue weighted by atomic mass is 9.92. The Labute approximate surface area is 189 Å². The number of hydrogen-bond donors (Lipinski definition) is 0. The van der Waals surface area contributed by atoms with E-state index in [9.17, 15) is 0 Å². The first kappa shape index (κ1) is 21.8. The second-order valence-corrected chi connectivity index (χ2v) is 9.51. The summed E-state index contributed by atoms with van der Waals surface area (Å²) in [5.74, 6) is 0. The zero-order valence-corrected chi connectivity index (χ0v) is 19.6. The number of allylic oxidation sites excluding steroid dienone is 4. The first-order valence-corrected chi connectivity index (χ1v) is 12.0. The Balaban J connectivity index is 1.56. The Morgan fingerprint density at radius 3 is 2.32 bits per heavy atom. The Morgan fingerprint density at radius 1 is 0.903 bits per heavy atom. The van der Waals surface area contributed by atoms with E-state index in [2.05, 4.69) is 80.8 Å². The molecule has 162 valence electrons. The summed E-state index contributed by atoms with van der Waals surface area (Å²) in [6.07, 6.45) is 12.7. The number of piperidine rings is 1. The molecule has 1 aliphatic heterocycles. The summed E-state index contributed by atoms with van der Waals surface area (Å²) in [6, 6.07) is 13.8. The largest absolute Gasteiger partial charge is 0.299 e. The molecule has 0 bridgehead atoms. The first-order valence-electron chi connectivity index (χ1n) is 12.0. The average Bonchev–Trinajstić information content (AvgIpc) is 3.02. The van der Waals surface area contributed by atoms with Crippen LogP contribution in [-0.2, 0) is 0 Å². The van der Waals surface area contributed by atoms with Gasteiger partial charge in [-0.1, -0.05) is 66.6 Å². The average molecular weight is 412 g/mol. The summed E-state index contributed by atoms with van der Waals surface area (Å²) in [5.41, 5.74) is 12.0. The van der Waals surface area contributed by atoms with Crippen LogP contribution in [0.1, 0.15) is 67.7 Å². The Bertz CT molecular complexity index is 997. The minimum absolute atomic E-state index is 1.13. The molecule has 0 atom stereocenters. The third-order valence-electron chi connectivity index (χ3n) is 6.98.